The summed E-state index contributed by atoms with van der Waals surface area (Å²) in [5, 5.41) is 36.9. The van der Waals surface area contributed by atoms with Crippen molar-refractivity contribution in [3.63, 3.8) is 0 Å². The molecule has 96 heavy (non-hydrogen) atoms. The summed E-state index contributed by atoms with van der Waals surface area (Å²) in [6.07, 6.45) is -3.96. The first-order valence-corrected chi connectivity index (χ1v) is 32.0. The molecule has 0 aromatic heterocycles. The first-order valence-electron chi connectivity index (χ1n) is 30.9. The quantitative estimate of drug-likeness (QED) is 0.0114. The van der Waals surface area contributed by atoms with Crippen molar-refractivity contribution < 1.29 is 80.5 Å². The first kappa shape index (κ1) is 69.6. The number of carboxylic acid groups (broad SMARTS) is 1. The average Bonchev–Trinajstić information content (AvgIpc) is 1.25. The summed E-state index contributed by atoms with van der Waals surface area (Å²) in [5.41, 5.74) is 10.9. The van der Waals surface area contributed by atoms with E-state index in [-0.39, 0.29) is 115 Å². The molecule has 5 atom stereocenters. The summed E-state index contributed by atoms with van der Waals surface area (Å²) < 4.78 is 56.1. The number of nitrogens with one attached hydrogen (secondary N) is 6. The van der Waals surface area contributed by atoms with Gasteiger partial charge in [0, 0.05) is 69.8 Å². The van der Waals surface area contributed by atoms with Crippen molar-refractivity contribution in [2.75, 3.05) is 19.7 Å². The van der Waals surface area contributed by atoms with Crippen LogP contribution in [0.15, 0.2) is 161 Å². The highest BCUT2D eigenvalue weighted by Gasteiger charge is 2.43. The van der Waals surface area contributed by atoms with Crippen LogP contribution < -0.4 is 43.1 Å². The lowest BCUT2D eigenvalue weighted by Gasteiger charge is -2.25. The van der Waals surface area contributed by atoms with Gasteiger partial charge < -0.3 is 57.0 Å². The van der Waals surface area contributed by atoms with Gasteiger partial charge in [0.1, 0.15) is 47.9 Å². The Morgan fingerprint density at radius 3 is 1.85 bits per heavy atom. The molecule has 0 saturated carbocycles. The van der Waals surface area contributed by atoms with E-state index in [9.17, 15) is 66.7 Å². The largest absolute Gasteiger partial charge is 0.701 e. The molecule has 6 aromatic carbocycles. The molecule has 0 bridgehead atoms. The van der Waals surface area contributed by atoms with Crippen molar-refractivity contribution in [1.29, 1.82) is 0 Å². The number of hydrogen-bond donors (Lipinski definition) is 10. The number of phenolic OH excluding ortho intramolecular Hbond substituents is 1. The molecule has 5 unspecified atom stereocenters. The third kappa shape index (κ3) is 17.3. The van der Waals surface area contributed by atoms with E-state index in [0.29, 0.717) is 28.5 Å². The summed E-state index contributed by atoms with van der Waals surface area (Å²) in [7, 11) is -3.70. The number of aromatic carboxylic acids is 1. The van der Waals surface area contributed by atoms with Crippen molar-refractivity contribution in [3.05, 3.63) is 206 Å². The molecule has 1 aliphatic heterocycles. The smallest absolute Gasteiger partial charge is 0.508 e. The zero-order chi connectivity index (χ0) is 68.8. The summed E-state index contributed by atoms with van der Waals surface area (Å²) in [4.78, 5) is 130. The van der Waals surface area contributed by atoms with Gasteiger partial charge in [-0.2, -0.15) is 8.78 Å². The van der Waals surface area contributed by atoms with E-state index >= 15 is 0 Å². The minimum atomic E-state index is -4.18. The van der Waals surface area contributed by atoms with Crippen molar-refractivity contribution in [3.8, 4) is 39.3 Å². The minimum absolute atomic E-state index is 0.0000953. The second kappa shape index (κ2) is 31.5. The van der Waals surface area contributed by atoms with Gasteiger partial charge >= 0.3 is 26.4 Å². The number of rotatable bonds is 30. The van der Waals surface area contributed by atoms with E-state index in [1.54, 1.807) is 18.2 Å². The number of carbonyl (C=O) groups excluding carboxylic acids is 7. The number of nitrogens with two attached hydrogens (primary N) is 1. The number of unbranched alkanes of at least 4 members (excludes halogenated alkanes) is 2. The lowest BCUT2D eigenvalue weighted by Crippen LogP contribution is -2.57. The van der Waals surface area contributed by atoms with Crippen LogP contribution in [0.4, 0.5) is 13.6 Å². The summed E-state index contributed by atoms with van der Waals surface area (Å²) in [6.45, 7) is 3.33. The SMILES string of the molecule is CCc1ccc(C(=O)NCCCCC(NC(=O)C(Cc2ccc(C(F)(F)O[P+](=O)O)cc2)NC(=O)OCC2c3ccccc3-c3ccccc32)C(=O)NC(C)C(=O)NC(CCCCNC(=O)c2ccc(-c3c4ccc(=O)cc-4oc4cc(O)ccc34)c(C(=O)O)c2)C(N)=O)cc1. The molecule has 7 amide bonds. The summed E-state index contributed by atoms with van der Waals surface area (Å²) in [6, 6.07) is 33.2. The van der Waals surface area contributed by atoms with Crippen molar-refractivity contribution in [2.24, 2.45) is 5.73 Å². The number of halogens is 2. The predicted octanol–water partition coefficient (Wildman–Crippen LogP) is 8.86. The molecular formula is C70H69F2N7O16P+. The maximum atomic E-state index is 14.7. The lowest BCUT2D eigenvalue weighted by molar-refractivity contribution is -0.186. The Hall–Kier alpha value is -10.8. The molecule has 498 valence electrons. The maximum Gasteiger partial charge on any atom is 0.701 e. The molecule has 0 radical (unpaired) electrons. The molecule has 0 saturated heterocycles. The van der Waals surface area contributed by atoms with Gasteiger partial charge in [-0.3, -0.25) is 33.6 Å². The number of carbonyl (C=O) groups is 8. The highest BCUT2D eigenvalue weighted by atomic mass is 31.1. The van der Waals surface area contributed by atoms with Crippen LogP contribution in [0.1, 0.15) is 117 Å². The summed E-state index contributed by atoms with van der Waals surface area (Å²) in [5.74, 6) is -6.29. The number of primary amides is 1. The van der Waals surface area contributed by atoms with Crippen LogP contribution in [-0.2, 0) is 52.0 Å². The molecule has 6 aromatic rings. The summed E-state index contributed by atoms with van der Waals surface area (Å²) >= 11 is 0. The van der Waals surface area contributed by atoms with Crippen LogP contribution in [0.25, 0.3) is 44.5 Å². The predicted molar refractivity (Wildman–Crippen MR) is 349 cm³/mol. The number of alkyl carbamates (subject to hydrolysis) is 1. The van der Waals surface area contributed by atoms with Crippen LogP contribution in [0.2, 0.25) is 0 Å². The van der Waals surface area contributed by atoms with Gasteiger partial charge in [-0.05, 0) is 156 Å². The molecule has 23 nitrogen and oxygen atoms in total. The Balaban J connectivity index is 0.848. The Kier molecular flexibility index (Phi) is 22.8. The fraction of sp³-hybridized carbons (Fsp3) is 0.271. The van der Waals surface area contributed by atoms with Crippen LogP contribution in [0.5, 0.6) is 5.75 Å². The topological polar surface area (TPSA) is 361 Å². The molecule has 11 N–H and O–H groups in total. The van der Waals surface area contributed by atoms with Gasteiger partial charge in [-0.15, -0.1) is 4.89 Å². The van der Waals surface area contributed by atoms with E-state index in [2.05, 4.69) is 36.4 Å². The second-order valence-corrected chi connectivity index (χ2v) is 23.6. The van der Waals surface area contributed by atoms with Gasteiger partial charge in [0.25, 0.3) is 11.8 Å². The van der Waals surface area contributed by atoms with Crippen LogP contribution in [0, 0.1) is 0 Å². The third-order valence-corrected chi connectivity index (χ3v) is 16.8. The number of carboxylic acids is 1. The molecule has 26 heteroatoms. The average molecular weight is 1330 g/mol. The van der Waals surface area contributed by atoms with Gasteiger partial charge in [-0.1, -0.05) is 85.8 Å². The van der Waals surface area contributed by atoms with Crippen molar-refractivity contribution >= 4 is 66.7 Å². The molecule has 0 spiro atoms. The molecule has 2 aliphatic carbocycles. The van der Waals surface area contributed by atoms with E-state index in [4.69, 9.17) is 19.8 Å². The highest BCUT2D eigenvalue weighted by Crippen LogP contribution is 2.45. The van der Waals surface area contributed by atoms with Gasteiger partial charge in [0.2, 0.25) is 23.6 Å². The molecule has 1 heterocycles. The van der Waals surface area contributed by atoms with Crippen LogP contribution in [-0.4, -0.2) is 106 Å². The minimum Gasteiger partial charge on any atom is -0.508 e. The maximum absolute atomic E-state index is 14.7. The van der Waals surface area contributed by atoms with E-state index < -0.39 is 85.7 Å². The van der Waals surface area contributed by atoms with Gasteiger partial charge in [0.05, 0.1) is 11.1 Å². The number of fused-ring (bicyclic) bond motifs is 5. The van der Waals surface area contributed by atoms with Crippen molar-refractivity contribution in [2.45, 2.75) is 101 Å². The molecule has 0 fully saturated rings. The Bertz CT molecular complexity index is 4240. The van der Waals surface area contributed by atoms with Gasteiger partial charge in [-0.25, -0.2) is 9.59 Å². The zero-order valence-corrected chi connectivity index (χ0v) is 52.9. The van der Waals surface area contributed by atoms with E-state index in [1.165, 1.54) is 67.6 Å². The molecule has 9 rings (SSSR count). The zero-order valence-electron chi connectivity index (χ0n) is 52.0. The second-order valence-electron chi connectivity index (χ2n) is 23.0. The number of alkyl halides is 2. The van der Waals surface area contributed by atoms with E-state index in [1.807, 2.05) is 67.6 Å². The normalized spacial score (nSPS) is 13.2. The van der Waals surface area contributed by atoms with Gasteiger partial charge in [0.15, 0.2) is 5.43 Å². The van der Waals surface area contributed by atoms with E-state index in [0.717, 1.165) is 46.4 Å². The Morgan fingerprint density at radius 2 is 1.23 bits per heavy atom. The fourth-order valence-corrected chi connectivity index (χ4v) is 11.7. The Morgan fingerprint density at radius 1 is 0.646 bits per heavy atom. The number of hydrogen-bond acceptors (Lipinski definition) is 14. The number of amides is 7. The number of aryl methyl sites for hydroxylation is 1. The fourth-order valence-electron chi connectivity index (χ4n) is 11.4. The molecular weight excluding hydrogens is 1260 g/mol. The Labute approximate surface area is 549 Å². The lowest BCUT2D eigenvalue weighted by atomic mass is 9.90. The van der Waals surface area contributed by atoms with Crippen LogP contribution >= 0.6 is 8.25 Å². The highest BCUT2D eigenvalue weighted by molar-refractivity contribution is 7.32. The first-order chi connectivity index (χ1) is 46.0. The number of aromatic hydroxyl groups is 1. The number of benzene rings is 7. The van der Waals surface area contributed by atoms with Crippen LogP contribution in [0.3, 0.4) is 0 Å². The number of ether oxygens (including phenoxy) is 1. The van der Waals surface area contributed by atoms with Crippen molar-refractivity contribution in [1.82, 2.24) is 31.9 Å². The monoisotopic (exact) mass is 1330 g/mol. The molecule has 3 aliphatic rings. The standard InChI is InChI=1S/C70H68F2N7O16P/c1-3-40-18-22-42(23-19-40)64(84)74-32-11-9-17-57(78-67(87)58(34-41-20-25-44(26-21-41)70(71,72)95-96(91)92)79-69(90)93-38-55-49-14-6-4-12-47(49)48-13-5-7-15-50(48)55)66(86)76-39(2)63(83)77-56(62(73)82)16-8-10-33-75-65(85)43-24-29-51(54(35-43)68(88)89)61-52-30-27-45(80)36-59(52)94-60-37-46(81)28-31-53(60)61/h4-7,12-15,18-31,35-37,39,55-58H,3,8-11,16-17,32-34,38H2,1-2H3,(H10-,73,74,75,76,77,78,79,80,81,82,83,84,85,86,87,88,89,90,91,92)/p+1. The number of phenols is 1. The third-order valence-electron chi connectivity index (χ3n) is 16.4.